The molecule has 4 rings (SSSR count). The Labute approximate surface area is 149 Å². The van der Waals surface area contributed by atoms with Gasteiger partial charge in [-0.05, 0) is 49.9 Å². The van der Waals surface area contributed by atoms with Crippen molar-refractivity contribution in [3.8, 4) is 0 Å². The van der Waals surface area contributed by atoms with Gasteiger partial charge in [0.1, 0.15) is 0 Å². The fourth-order valence-corrected chi connectivity index (χ4v) is 5.28. The zero-order valence-corrected chi connectivity index (χ0v) is 15.2. The lowest BCUT2D eigenvalue weighted by molar-refractivity contribution is 0.0627. The van der Waals surface area contributed by atoms with Gasteiger partial charge in [-0.1, -0.05) is 0 Å². The molecule has 25 heavy (non-hydrogen) atoms. The third kappa shape index (κ3) is 3.45. The van der Waals surface area contributed by atoms with E-state index in [1.165, 1.54) is 17.1 Å². The molecule has 136 valence electrons. The molecule has 2 saturated heterocycles. The predicted molar refractivity (Wildman–Crippen MR) is 94.9 cm³/mol. The number of piperazine rings is 1. The first-order valence-corrected chi connectivity index (χ1v) is 10.6. The van der Waals surface area contributed by atoms with Gasteiger partial charge in [0, 0.05) is 50.9 Å². The van der Waals surface area contributed by atoms with Gasteiger partial charge >= 0.3 is 0 Å². The smallest absolute Gasteiger partial charge is 0.253 e. The second-order valence-corrected chi connectivity index (χ2v) is 9.13. The molecule has 1 aliphatic carbocycles. The number of sulfonamides is 1. The van der Waals surface area contributed by atoms with Gasteiger partial charge < -0.3 is 4.90 Å². The van der Waals surface area contributed by atoms with E-state index in [1.54, 1.807) is 24.3 Å². The number of carbonyl (C=O) groups is 1. The van der Waals surface area contributed by atoms with Crippen molar-refractivity contribution in [1.29, 1.82) is 0 Å². The first kappa shape index (κ1) is 17.0. The van der Waals surface area contributed by atoms with Gasteiger partial charge in [-0.15, -0.1) is 0 Å². The van der Waals surface area contributed by atoms with E-state index in [4.69, 9.17) is 0 Å². The Hall–Kier alpha value is -1.44. The standard InChI is InChI=1S/C18H25N3O3S/c22-18(20-13-11-19(12-14-20)16-5-6-16)15-3-7-17(8-4-15)25(23,24)21-9-1-2-10-21/h3-4,7-8,16H,1-2,5-6,9-14H2. The zero-order valence-electron chi connectivity index (χ0n) is 14.4. The van der Waals surface area contributed by atoms with Crippen molar-refractivity contribution < 1.29 is 13.2 Å². The van der Waals surface area contributed by atoms with E-state index in [0.29, 0.717) is 18.7 Å². The van der Waals surface area contributed by atoms with Gasteiger partial charge in [0.2, 0.25) is 10.0 Å². The summed E-state index contributed by atoms with van der Waals surface area (Å²) >= 11 is 0. The maximum absolute atomic E-state index is 12.7. The summed E-state index contributed by atoms with van der Waals surface area (Å²) in [5.41, 5.74) is 0.570. The van der Waals surface area contributed by atoms with Gasteiger partial charge in [-0.3, -0.25) is 9.69 Å². The number of nitrogens with zero attached hydrogens (tertiary/aromatic N) is 3. The third-order valence-electron chi connectivity index (χ3n) is 5.47. The molecule has 1 amide bonds. The average Bonchev–Trinajstić information content (AvgIpc) is 3.34. The molecular weight excluding hydrogens is 338 g/mol. The van der Waals surface area contributed by atoms with Crippen LogP contribution < -0.4 is 0 Å². The normalized spacial score (nSPS) is 23.1. The molecular formula is C18H25N3O3S. The quantitative estimate of drug-likeness (QED) is 0.811. The maximum atomic E-state index is 12.7. The van der Waals surface area contributed by atoms with Crippen LogP contribution in [-0.4, -0.2) is 73.7 Å². The minimum absolute atomic E-state index is 0.000525. The summed E-state index contributed by atoms with van der Waals surface area (Å²) in [6.07, 6.45) is 4.42. The van der Waals surface area contributed by atoms with Crippen LogP contribution in [0.5, 0.6) is 0 Å². The number of rotatable bonds is 4. The number of benzene rings is 1. The molecule has 3 aliphatic rings. The van der Waals surface area contributed by atoms with Crippen LogP contribution in [0.3, 0.4) is 0 Å². The van der Waals surface area contributed by atoms with Crippen molar-refractivity contribution in [2.45, 2.75) is 36.6 Å². The van der Waals surface area contributed by atoms with Crippen molar-refractivity contribution >= 4 is 15.9 Å². The second kappa shape index (κ2) is 6.70. The van der Waals surface area contributed by atoms with Crippen LogP contribution in [0.15, 0.2) is 29.2 Å². The molecule has 0 aromatic heterocycles. The Balaban J connectivity index is 1.42. The van der Waals surface area contributed by atoms with Crippen LogP contribution in [0.25, 0.3) is 0 Å². The molecule has 0 unspecified atom stereocenters. The van der Waals surface area contributed by atoms with E-state index in [-0.39, 0.29) is 10.8 Å². The average molecular weight is 363 g/mol. The van der Waals surface area contributed by atoms with Gasteiger partial charge in [0.05, 0.1) is 4.90 Å². The third-order valence-corrected chi connectivity index (χ3v) is 7.38. The van der Waals surface area contributed by atoms with Gasteiger partial charge in [0.15, 0.2) is 0 Å². The monoisotopic (exact) mass is 363 g/mol. The molecule has 0 N–H and O–H groups in total. The van der Waals surface area contributed by atoms with Crippen LogP contribution in [0.1, 0.15) is 36.0 Å². The van der Waals surface area contributed by atoms with Crippen molar-refractivity contribution in [3.05, 3.63) is 29.8 Å². The van der Waals surface area contributed by atoms with Crippen molar-refractivity contribution in [2.24, 2.45) is 0 Å². The van der Waals surface area contributed by atoms with E-state index < -0.39 is 10.0 Å². The fourth-order valence-electron chi connectivity index (χ4n) is 3.76. The largest absolute Gasteiger partial charge is 0.336 e. The Morgan fingerprint density at radius 2 is 1.48 bits per heavy atom. The summed E-state index contributed by atoms with van der Waals surface area (Å²) in [6, 6.07) is 7.19. The number of carbonyl (C=O) groups excluding carboxylic acids is 1. The first-order chi connectivity index (χ1) is 12.1. The predicted octanol–water partition coefficient (Wildman–Crippen LogP) is 1.39. The van der Waals surface area contributed by atoms with Crippen LogP contribution in [0, 0.1) is 0 Å². The van der Waals surface area contributed by atoms with E-state index in [9.17, 15) is 13.2 Å². The lowest BCUT2D eigenvalue weighted by Gasteiger charge is -2.34. The Kier molecular flexibility index (Phi) is 4.56. The highest BCUT2D eigenvalue weighted by Gasteiger charge is 2.32. The minimum Gasteiger partial charge on any atom is -0.336 e. The summed E-state index contributed by atoms with van der Waals surface area (Å²) in [5.74, 6) is 0.000525. The lowest BCUT2D eigenvalue weighted by atomic mass is 10.2. The van der Waals surface area contributed by atoms with Gasteiger partial charge in [0.25, 0.3) is 5.91 Å². The van der Waals surface area contributed by atoms with Crippen LogP contribution in [0.2, 0.25) is 0 Å². The molecule has 0 radical (unpaired) electrons. The Morgan fingerprint density at radius 3 is 2.04 bits per heavy atom. The summed E-state index contributed by atoms with van der Waals surface area (Å²) in [6.45, 7) is 4.57. The van der Waals surface area contributed by atoms with Crippen molar-refractivity contribution in [1.82, 2.24) is 14.1 Å². The topological polar surface area (TPSA) is 60.9 Å². The zero-order chi connectivity index (χ0) is 17.4. The Bertz CT molecular complexity index is 729. The summed E-state index contributed by atoms with van der Waals surface area (Å²) in [4.78, 5) is 17.3. The van der Waals surface area contributed by atoms with E-state index in [1.807, 2.05) is 4.90 Å². The Morgan fingerprint density at radius 1 is 0.880 bits per heavy atom. The molecule has 7 heteroatoms. The summed E-state index contributed by atoms with van der Waals surface area (Å²) < 4.78 is 26.6. The molecule has 0 bridgehead atoms. The van der Waals surface area contributed by atoms with Gasteiger partial charge in [-0.2, -0.15) is 4.31 Å². The van der Waals surface area contributed by atoms with Crippen molar-refractivity contribution in [3.63, 3.8) is 0 Å². The number of hydrogen-bond donors (Lipinski definition) is 0. The molecule has 1 aromatic carbocycles. The number of amides is 1. The molecule has 0 atom stereocenters. The van der Waals surface area contributed by atoms with E-state index >= 15 is 0 Å². The highest BCUT2D eigenvalue weighted by Crippen LogP contribution is 2.28. The van der Waals surface area contributed by atoms with Gasteiger partial charge in [-0.25, -0.2) is 8.42 Å². The summed E-state index contributed by atoms with van der Waals surface area (Å²) in [7, 11) is -3.41. The first-order valence-electron chi connectivity index (χ1n) is 9.19. The van der Waals surface area contributed by atoms with Crippen LogP contribution in [0.4, 0.5) is 0 Å². The molecule has 1 saturated carbocycles. The van der Waals surface area contributed by atoms with Crippen LogP contribution >= 0.6 is 0 Å². The summed E-state index contributed by atoms with van der Waals surface area (Å²) in [5, 5.41) is 0. The molecule has 1 aromatic rings. The fraction of sp³-hybridized carbons (Fsp3) is 0.611. The van der Waals surface area contributed by atoms with Crippen LogP contribution in [-0.2, 0) is 10.0 Å². The second-order valence-electron chi connectivity index (χ2n) is 7.19. The molecule has 3 fully saturated rings. The highest BCUT2D eigenvalue weighted by molar-refractivity contribution is 7.89. The maximum Gasteiger partial charge on any atom is 0.253 e. The highest BCUT2D eigenvalue weighted by atomic mass is 32.2. The molecule has 0 spiro atoms. The number of hydrogen-bond acceptors (Lipinski definition) is 4. The lowest BCUT2D eigenvalue weighted by Crippen LogP contribution is -2.49. The van der Waals surface area contributed by atoms with E-state index in [2.05, 4.69) is 4.90 Å². The molecule has 2 aliphatic heterocycles. The van der Waals surface area contributed by atoms with E-state index in [0.717, 1.165) is 45.1 Å². The SMILES string of the molecule is O=C(c1ccc(S(=O)(=O)N2CCCC2)cc1)N1CCN(C2CC2)CC1. The molecule has 2 heterocycles. The minimum atomic E-state index is -3.41. The molecule has 6 nitrogen and oxygen atoms in total. The van der Waals surface area contributed by atoms with Crippen molar-refractivity contribution in [2.75, 3.05) is 39.3 Å².